The van der Waals surface area contributed by atoms with E-state index in [0.717, 1.165) is 36.4 Å². The zero-order chi connectivity index (χ0) is 16.7. The molecule has 1 heterocycles. The Morgan fingerprint density at radius 2 is 2.09 bits per heavy atom. The molecule has 2 rings (SSSR count). The van der Waals surface area contributed by atoms with Crippen LogP contribution in [0.5, 0.6) is 0 Å². The highest BCUT2D eigenvalue weighted by atomic mass is 16.2. The van der Waals surface area contributed by atoms with Crippen LogP contribution in [0.1, 0.15) is 30.1 Å². The topological polar surface area (TPSA) is 44.7 Å². The van der Waals surface area contributed by atoms with Crippen LogP contribution in [0.15, 0.2) is 35.8 Å². The summed E-state index contributed by atoms with van der Waals surface area (Å²) in [4.78, 5) is 18.8. The Hall–Kier alpha value is -2.20. The molecule has 0 saturated carbocycles. The van der Waals surface area contributed by atoms with Gasteiger partial charge in [-0.1, -0.05) is 30.9 Å². The Balaban J connectivity index is 2.38. The molecule has 1 aliphatic heterocycles. The molecule has 0 spiro atoms. The molecular formula is C19H25N3O. The smallest absolute Gasteiger partial charge is 0.259 e. The van der Waals surface area contributed by atoms with Gasteiger partial charge >= 0.3 is 0 Å². The molecule has 1 aromatic rings. The Kier molecular flexibility index (Phi) is 6.29. The molecule has 1 aromatic carbocycles. The largest absolute Gasteiger partial charge is 0.317 e. The van der Waals surface area contributed by atoms with Crippen LogP contribution in [0.4, 0.5) is 0 Å². The van der Waals surface area contributed by atoms with Crippen LogP contribution in [0.25, 0.3) is 12.2 Å². The molecule has 0 unspecified atom stereocenters. The van der Waals surface area contributed by atoms with Gasteiger partial charge in [0.15, 0.2) is 0 Å². The van der Waals surface area contributed by atoms with Gasteiger partial charge in [0.1, 0.15) is 0 Å². The van der Waals surface area contributed by atoms with Gasteiger partial charge in [0, 0.05) is 18.7 Å². The van der Waals surface area contributed by atoms with Gasteiger partial charge < -0.3 is 5.32 Å². The van der Waals surface area contributed by atoms with Crippen LogP contribution < -0.4 is 15.8 Å². The van der Waals surface area contributed by atoms with E-state index in [0.29, 0.717) is 5.56 Å². The number of nitrogens with one attached hydrogen (secondary N) is 1. The summed E-state index contributed by atoms with van der Waals surface area (Å²) in [5, 5.41) is 5.43. The van der Waals surface area contributed by atoms with Crippen molar-refractivity contribution >= 4 is 24.4 Å². The van der Waals surface area contributed by atoms with Crippen molar-refractivity contribution in [2.24, 2.45) is 4.99 Å². The van der Waals surface area contributed by atoms with E-state index < -0.39 is 0 Å². The van der Waals surface area contributed by atoms with Crippen LogP contribution >= 0.6 is 0 Å². The lowest BCUT2D eigenvalue weighted by Crippen LogP contribution is -2.45. The number of amides is 1. The maximum absolute atomic E-state index is 13.0. The number of benzene rings is 1. The minimum Gasteiger partial charge on any atom is -0.317 e. The van der Waals surface area contributed by atoms with E-state index in [4.69, 9.17) is 0 Å². The maximum atomic E-state index is 13.0. The number of piperidine rings is 1. The van der Waals surface area contributed by atoms with E-state index in [1.54, 1.807) is 24.4 Å². The molecule has 122 valence electrons. The van der Waals surface area contributed by atoms with E-state index in [2.05, 4.69) is 16.9 Å². The third-order valence-corrected chi connectivity index (χ3v) is 4.12. The average molecular weight is 311 g/mol. The summed E-state index contributed by atoms with van der Waals surface area (Å²) < 4.78 is 0. The molecule has 1 aliphatic rings. The lowest BCUT2D eigenvalue weighted by molar-refractivity contribution is 0.0788. The van der Waals surface area contributed by atoms with Crippen molar-refractivity contribution in [2.75, 3.05) is 20.1 Å². The standard InChI is InChI=1S/C19H25N3O/c1-4-6-16-13-17(8-7-15(16)5-2)19(23)22(14-20-3)18-9-11-21-12-10-18/h4-8,13-14,18,21H,1,9-12H2,2-3H3/b15-5-,16-6-,20-14?. The molecule has 1 amide bonds. The van der Waals surface area contributed by atoms with Crippen molar-refractivity contribution in [3.63, 3.8) is 0 Å². The molecule has 0 atom stereocenters. The van der Waals surface area contributed by atoms with Crippen LogP contribution in [0.2, 0.25) is 0 Å². The zero-order valence-corrected chi connectivity index (χ0v) is 14.0. The van der Waals surface area contributed by atoms with Crippen molar-refractivity contribution in [3.05, 3.63) is 46.9 Å². The van der Waals surface area contributed by atoms with Gasteiger partial charge in [-0.15, -0.1) is 0 Å². The lowest BCUT2D eigenvalue weighted by atomic mass is 10.0. The molecule has 23 heavy (non-hydrogen) atoms. The summed E-state index contributed by atoms with van der Waals surface area (Å²) in [6, 6.07) is 6.00. The predicted molar refractivity (Wildman–Crippen MR) is 97.0 cm³/mol. The second-order valence-electron chi connectivity index (χ2n) is 5.60. The molecule has 0 bridgehead atoms. The fourth-order valence-electron chi connectivity index (χ4n) is 2.91. The van der Waals surface area contributed by atoms with Crippen molar-refractivity contribution < 1.29 is 4.79 Å². The second-order valence-corrected chi connectivity index (χ2v) is 5.60. The summed E-state index contributed by atoms with van der Waals surface area (Å²) in [6.45, 7) is 7.61. The van der Waals surface area contributed by atoms with E-state index in [9.17, 15) is 4.79 Å². The first kappa shape index (κ1) is 17.2. The van der Waals surface area contributed by atoms with Gasteiger partial charge in [-0.25, -0.2) is 0 Å². The molecule has 4 heteroatoms. The first-order valence-electron chi connectivity index (χ1n) is 8.06. The van der Waals surface area contributed by atoms with E-state index in [1.807, 2.05) is 37.3 Å². The van der Waals surface area contributed by atoms with E-state index in [1.165, 1.54) is 0 Å². The van der Waals surface area contributed by atoms with Crippen molar-refractivity contribution in [3.8, 4) is 0 Å². The Morgan fingerprint density at radius 3 is 2.70 bits per heavy atom. The molecule has 1 saturated heterocycles. The summed E-state index contributed by atoms with van der Waals surface area (Å²) in [6.07, 6.45) is 9.26. The number of aliphatic imine (C=N–C) groups is 1. The van der Waals surface area contributed by atoms with E-state index in [-0.39, 0.29) is 11.9 Å². The zero-order valence-electron chi connectivity index (χ0n) is 14.0. The summed E-state index contributed by atoms with van der Waals surface area (Å²) >= 11 is 0. The minimum atomic E-state index is 0.00358. The fraction of sp³-hybridized carbons (Fsp3) is 0.368. The SMILES string of the molecule is C=C/C=c1/cc(C(=O)N(C=NC)C2CCNCC2)cc/c1=C/C. The number of carbonyl (C=O) groups is 1. The van der Waals surface area contributed by atoms with Gasteiger partial charge in [0.05, 0.1) is 6.34 Å². The third-order valence-electron chi connectivity index (χ3n) is 4.12. The van der Waals surface area contributed by atoms with Crippen LogP contribution in [-0.4, -0.2) is 43.3 Å². The Labute approximate surface area is 137 Å². The van der Waals surface area contributed by atoms with Gasteiger partial charge in [-0.05, 0) is 55.4 Å². The van der Waals surface area contributed by atoms with Crippen LogP contribution in [-0.2, 0) is 0 Å². The Bertz CT molecular complexity index is 700. The number of allylic oxidation sites excluding steroid dienone is 1. The number of hydrogen-bond acceptors (Lipinski definition) is 3. The molecule has 1 N–H and O–H groups in total. The summed E-state index contributed by atoms with van der Waals surface area (Å²) in [5.41, 5.74) is 0.683. The minimum absolute atomic E-state index is 0.00358. The van der Waals surface area contributed by atoms with Crippen LogP contribution in [0, 0.1) is 0 Å². The molecule has 1 fully saturated rings. The maximum Gasteiger partial charge on any atom is 0.259 e. The van der Waals surface area contributed by atoms with Crippen LogP contribution in [0.3, 0.4) is 0 Å². The molecule has 0 aromatic heterocycles. The normalized spacial score (nSPS) is 17.7. The van der Waals surface area contributed by atoms with Gasteiger partial charge in [-0.2, -0.15) is 0 Å². The summed E-state index contributed by atoms with van der Waals surface area (Å²) in [5.74, 6) is 0.00358. The lowest BCUT2D eigenvalue weighted by Gasteiger charge is -2.31. The second kappa shape index (κ2) is 8.44. The fourth-order valence-corrected chi connectivity index (χ4v) is 2.91. The number of hydrogen-bond donors (Lipinski definition) is 1. The predicted octanol–water partition coefficient (Wildman–Crippen LogP) is 1.31. The van der Waals surface area contributed by atoms with Crippen molar-refractivity contribution in [2.45, 2.75) is 25.8 Å². The van der Waals surface area contributed by atoms with E-state index >= 15 is 0 Å². The monoisotopic (exact) mass is 311 g/mol. The quantitative estimate of drug-likeness (QED) is 0.673. The van der Waals surface area contributed by atoms with Gasteiger partial charge in [0.25, 0.3) is 5.91 Å². The number of rotatable bonds is 4. The van der Waals surface area contributed by atoms with Gasteiger partial charge in [0.2, 0.25) is 0 Å². The highest BCUT2D eigenvalue weighted by Crippen LogP contribution is 2.13. The number of nitrogens with zero attached hydrogens (tertiary/aromatic N) is 2. The van der Waals surface area contributed by atoms with Gasteiger partial charge in [-0.3, -0.25) is 14.7 Å². The average Bonchev–Trinajstić information content (AvgIpc) is 2.60. The highest BCUT2D eigenvalue weighted by Gasteiger charge is 2.25. The first-order valence-corrected chi connectivity index (χ1v) is 8.06. The summed E-state index contributed by atoms with van der Waals surface area (Å²) in [7, 11) is 1.70. The molecule has 0 aliphatic carbocycles. The number of carbonyl (C=O) groups excluding carboxylic acids is 1. The highest BCUT2D eigenvalue weighted by molar-refractivity contribution is 6.01. The first-order chi connectivity index (χ1) is 11.2. The van der Waals surface area contributed by atoms with Crippen molar-refractivity contribution in [1.82, 2.24) is 10.2 Å². The molecule has 4 nitrogen and oxygen atoms in total. The molecule has 0 radical (unpaired) electrons. The molecular weight excluding hydrogens is 286 g/mol. The van der Waals surface area contributed by atoms with Crippen molar-refractivity contribution in [1.29, 1.82) is 0 Å². The third kappa shape index (κ3) is 4.17. The Morgan fingerprint density at radius 1 is 1.35 bits per heavy atom.